The molecule has 0 radical (unpaired) electrons. The highest BCUT2D eigenvalue weighted by molar-refractivity contribution is 5.02. The molecule has 3 nitrogen and oxygen atoms in total. The van der Waals surface area contributed by atoms with E-state index in [1.54, 1.807) is 0 Å². The average molecular weight is 203 g/mol. The maximum absolute atomic E-state index is 9.16. The Morgan fingerprint density at radius 3 is 2.87 bits per heavy atom. The molecule has 0 aliphatic heterocycles. The van der Waals surface area contributed by atoms with Crippen molar-refractivity contribution in [1.29, 1.82) is 5.26 Å². The summed E-state index contributed by atoms with van der Waals surface area (Å²) in [5.74, 6) is 0.145. The highest BCUT2D eigenvalue weighted by Crippen LogP contribution is 2.31. The van der Waals surface area contributed by atoms with Crippen molar-refractivity contribution in [3.05, 3.63) is 18.0 Å². The van der Waals surface area contributed by atoms with Gasteiger partial charge in [-0.15, -0.1) is 0 Å². The summed E-state index contributed by atoms with van der Waals surface area (Å²) in [7, 11) is 0. The van der Waals surface area contributed by atoms with Gasteiger partial charge in [0.25, 0.3) is 0 Å². The second-order valence-electron chi connectivity index (χ2n) is 4.44. The third kappa shape index (κ3) is 2.20. The lowest BCUT2D eigenvalue weighted by molar-refractivity contribution is 0.343. The Morgan fingerprint density at radius 1 is 1.40 bits per heavy atom. The molecule has 0 saturated heterocycles. The van der Waals surface area contributed by atoms with E-state index in [-0.39, 0.29) is 5.92 Å². The van der Waals surface area contributed by atoms with E-state index in [2.05, 4.69) is 17.4 Å². The van der Waals surface area contributed by atoms with E-state index >= 15 is 0 Å². The zero-order valence-electron chi connectivity index (χ0n) is 9.19. The summed E-state index contributed by atoms with van der Waals surface area (Å²) >= 11 is 0. The standard InChI is InChI=1S/C12H17N3/c1-10-8-14-15(9-10)12-6-4-2-3-5-11(12)7-13/h8-9,11-12H,2-6H2,1H3. The number of hydrogen-bond acceptors (Lipinski definition) is 2. The molecule has 0 aromatic carbocycles. The fourth-order valence-corrected chi connectivity index (χ4v) is 2.37. The number of aryl methyl sites for hydroxylation is 1. The van der Waals surface area contributed by atoms with Crippen molar-refractivity contribution >= 4 is 0 Å². The van der Waals surface area contributed by atoms with Crippen LogP contribution in [0.3, 0.4) is 0 Å². The van der Waals surface area contributed by atoms with Crippen LogP contribution in [-0.4, -0.2) is 9.78 Å². The van der Waals surface area contributed by atoms with Gasteiger partial charge in [-0.1, -0.05) is 19.3 Å². The van der Waals surface area contributed by atoms with Gasteiger partial charge in [-0.25, -0.2) is 0 Å². The molecule has 1 aliphatic rings. The van der Waals surface area contributed by atoms with Gasteiger partial charge in [-0.05, 0) is 25.3 Å². The van der Waals surface area contributed by atoms with Crippen molar-refractivity contribution in [2.24, 2.45) is 5.92 Å². The van der Waals surface area contributed by atoms with Crippen LogP contribution in [0, 0.1) is 24.2 Å². The van der Waals surface area contributed by atoms with E-state index in [1.165, 1.54) is 24.8 Å². The van der Waals surface area contributed by atoms with Crippen LogP contribution >= 0.6 is 0 Å². The molecule has 1 aliphatic carbocycles. The number of aromatic nitrogens is 2. The molecule has 0 amide bonds. The molecule has 1 aromatic heterocycles. The monoisotopic (exact) mass is 203 g/mol. The Balaban J connectivity index is 2.20. The molecule has 0 spiro atoms. The Morgan fingerprint density at radius 2 is 2.20 bits per heavy atom. The van der Waals surface area contributed by atoms with Crippen molar-refractivity contribution < 1.29 is 0 Å². The molecule has 15 heavy (non-hydrogen) atoms. The smallest absolute Gasteiger partial charge is 0.0687 e. The minimum absolute atomic E-state index is 0.145. The summed E-state index contributed by atoms with van der Waals surface area (Å²) < 4.78 is 1.99. The van der Waals surface area contributed by atoms with Crippen LogP contribution in [0.4, 0.5) is 0 Å². The summed E-state index contributed by atoms with van der Waals surface area (Å²) in [6.07, 6.45) is 9.73. The minimum atomic E-state index is 0.145. The van der Waals surface area contributed by atoms with Crippen molar-refractivity contribution in [3.63, 3.8) is 0 Å². The van der Waals surface area contributed by atoms with E-state index in [1.807, 2.05) is 17.8 Å². The van der Waals surface area contributed by atoms with Gasteiger partial charge in [0, 0.05) is 6.20 Å². The summed E-state index contributed by atoms with van der Waals surface area (Å²) in [6.45, 7) is 2.04. The molecule has 2 unspecified atom stereocenters. The Kier molecular flexibility index (Phi) is 3.05. The highest BCUT2D eigenvalue weighted by atomic mass is 15.3. The molecule has 1 fully saturated rings. The summed E-state index contributed by atoms with van der Waals surface area (Å²) in [4.78, 5) is 0. The van der Waals surface area contributed by atoms with Crippen LogP contribution in [0.25, 0.3) is 0 Å². The molecule has 2 rings (SSSR count). The summed E-state index contributed by atoms with van der Waals surface area (Å²) in [6, 6.07) is 2.74. The maximum Gasteiger partial charge on any atom is 0.0687 e. The molecule has 2 atom stereocenters. The minimum Gasteiger partial charge on any atom is -0.268 e. The molecule has 80 valence electrons. The second kappa shape index (κ2) is 4.48. The van der Waals surface area contributed by atoms with Gasteiger partial charge in [0.1, 0.15) is 0 Å². The maximum atomic E-state index is 9.16. The predicted octanol–water partition coefficient (Wildman–Crippen LogP) is 2.84. The molecule has 0 bridgehead atoms. The lowest BCUT2D eigenvalue weighted by Crippen LogP contribution is -2.17. The molecule has 0 N–H and O–H groups in total. The summed E-state index contributed by atoms with van der Waals surface area (Å²) in [5.41, 5.74) is 1.18. The van der Waals surface area contributed by atoms with Gasteiger partial charge < -0.3 is 0 Å². The third-order valence-corrected chi connectivity index (χ3v) is 3.22. The zero-order chi connectivity index (χ0) is 10.7. The van der Waals surface area contributed by atoms with Crippen molar-refractivity contribution in [3.8, 4) is 6.07 Å². The van der Waals surface area contributed by atoms with Gasteiger partial charge in [-0.3, -0.25) is 4.68 Å². The number of rotatable bonds is 1. The molecular formula is C12H17N3. The molecule has 1 aromatic rings. The molecular weight excluding hydrogens is 186 g/mol. The van der Waals surface area contributed by atoms with E-state index in [4.69, 9.17) is 5.26 Å². The van der Waals surface area contributed by atoms with Gasteiger partial charge in [0.05, 0.1) is 24.2 Å². The third-order valence-electron chi connectivity index (χ3n) is 3.22. The van der Waals surface area contributed by atoms with Crippen LogP contribution in [0.15, 0.2) is 12.4 Å². The van der Waals surface area contributed by atoms with Gasteiger partial charge in [0.15, 0.2) is 0 Å². The largest absolute Gasteiger partial charge is 0.268 e. The number of hydrogen-bond donors (Lipinski definition) is 0. The van der Waals surface area contributed by atoms with Gasteiger partial charge in [-0.2, -0.15) is 10.4 Å². The topological polar surface area (TPSA) is 41.6 Å². The first-order valence-corrected chi connectivity index (χ1v) is 5.71. The van der Waals surface area contributed by atoms with E-state index < -0.39 is 0 Å². The van der Waals surface area contributed by atoms with Crippen LogP contribution < -0.4 is 0 Å². The SMILES string of the molecule is Cc1cnn(C2CCCCCC2C#N)c1. The van der Waals surface area contributed by atoms with Crippen molar-refractivity contribution in [1.82, 2.24) is 9.78 Å². The fourth-order valence-electron chi connectivity index (χ4n) is 2.37. The Labute approximate surface area is 90.7 Å². The lowest BCUT2D eigenvalue weighted by Gasteiger charge is -2.19. The zero-order valence-corrected chi connectivity index (χ0v) is 9.19. The Hall–Kier alpha value is -1.30. The summed E-state index contributed by atoms with van der Waals surface area (Å²) in [5, 5.41) is 13.5. The Bertz CT molecular complexity index is 361. The first-order chi connectivity index (χ1) is 7.31. The van der Waals surface area contributed by atoms with Crippen molar-refractivity contribution in [2.75, 3.05) is 0 Å². The fraction of sp³-hybridized carbons (Fsp3) is 0.667. The van der Waals surface area contributed by atoms with Gasteiger partial charge >= 0.3 is 0 Å². The highest BCUT2D eigenvalue weighted by Gasteiger charge is 2.25. The first-order valence-electron chi connectivity index (χ1n) is 5.71. The predicted molar refractivity (Wildman–Crippen MR) is 58.2 cm³/mol. The van der Waals surface area contributed by atoms with E-state index in [0.717, 1.165) is 12.8 Å². The average Bonchev–Trinajstić information content (AvgIpc) is 2.54. The van der Waals surface area contributed by atoms with Crippen LogP contribution in [0.1, 0.15) is 43.7 Å². The lowest BCUT2D eigenvalue weighted by atomic mass is 9.96. The van der Waals surface area contributed by atoms with Crippen molar-refractivity contribution in [2.45, 2.75) is 45.1 Å². The number of nitrogens with zero attached hydrogens (tertiary/aromatic N) is 3. The van der Waals surface area contributed by atoms with Crippen LogP contribution in [-0.2, 0) is 0 Å². The number of nitriles is 1. The van der Waals surface area contributed by atoms with E-state index in [0.29, 0.717) is 6.04 Å². The second-order valence-corrected chi connectivity index (χ2v) is 4.44. The normalized spacial score (nSPS) is 26.9. The van der Waals surface area contributed by atoms with Crippen LogP contribution in [0.2, 0.25) is 0 Å². The van der Waals surface area contributed by atoms with Crippen LogP contribution in [0.5, 0.6) is 0 Å². The first kappa shape index (κ1) is 10.2. The molecule has 1 saturated carbocycles. The van der Waals surface area contributed by atoms with Gasteiger partial charge in [0.2, 0.25) is 0 Å². The quantitative estimate of drug-likeness (QED) is 0.658. The molecule has 3 heteroatoms. The van der Waals surface area contributed by atoms with E-state index in [9.17, 15) is 0 Å². The molecule has 1 heterocycles.